The van der Waals surface area contributed by atoms with Crippen LogP contribution in [0.3, 0.4) is 0 Å². The van der Waals surface area contributed by atoms with E-state index in [4.69, 9.17) is 5.73 Å². The van der Waals surface area contributed by atoms with Gasteiger partial charge in [-0.25, -0.2) is 9.78 Å². The first-order chi connectivity index (χ1) is 12.9. The highest BCUT2D eigenvalue weighted by Gasteiger charge is 2.51. The van der Waals surface area contributed by atoms with Crippen molar-refractivity contribution < 1.29 is 14.4 Å². The van der Waals surface area contributed by atoms with Crippen LogP contribution in [-0.4, -0.2) is 76.3 Å². The second kappa shape index (κ2) is 9.27. The molecule has 0 aliphatic carbocycles. The minimum Gasteiger partial charge on any atom is -0.351 e. The van der Waals surface area contributed by atoms with E-state index < -0.39 is 17.5 Å². The number of likely N-dealkylation sites (N-methyl/N-ethyl adjacent to an activating group) is 1. The van der Waals surface area contributed by atoms with Crippen molar-refractivity contribution in [2.45, 2.75) is 45.1 Å². The minimum atomic E-state index is -1.13. The molecular formula is C18H29N5O3S. The zero-order chi connectivity index (χ0) is 20.0. The zero-order valence-electron chi connectivity index (χ0n) is 16.3. The Kier molecular flexibility index (Phi) is 7.32. The Morgan fingerprint density at radius 3 is 2.59 bits per heavy atom. The van der Waals surface area contributed by atoms with Gasteiger partial charge in [-0.1, -0.05) is 26.7 Å². The third kappa shape index (κ3) is 4.47. The molecule has 27 heavy (non-hydrogen) atoms. The second-order valence-corrected chi connectivity index (χ2v) is 7.86. The van der Waals surface area contributed by atoms with Gasteiger partial charge in [-0.3, -0.25) is 14.5 Å². The van der Waals surface area contributed by atoms with Gasteiger partial charge >= 0.3 is 6.03 Å². The Morgan fingerprint density at radius 1 is 1.30 bits per heavy atom. The van der Waals surface area contributed by atoms with E-state index in [9.17, 15) is 14.4 Å². The molecule has 2 heterocycles. The number of primary amides is 1. The van der Waals surface area contributed by atoms with Crippen molar-refractivity contribution in [2.75, 3.05) is 33.2 Å². The molecule has 1 aliphatic heterocycles. The monoisotopic (exact) mass is 395 g/mol. The summed E-state index contributed by atoms with van der Waals surface area (Å²) in [5.74, 6) is -0.770. The molecule has 150 valence electrons. The molecule has 8 nitrogen and oxygen atoms in total. The number of unbranched alkanes of at least 4 members (excludes halogenated alkanes) is 1. The number of carbonyl (C=O) groups excluding carboxylic acids is 3. The standard InChI is InChI=1S/C18H29N5O3S/c1-4-6-7-18(13-21(3)10-11-23(18)17(19)26)16(25)22(9-5-2)15(24)14-20-8-12-27-14/h8,12H,4-7,9-11,13H2,1-3H3,(H2,19,26)/t18-/m0/s1. The highest BCUT2D eigenvalue weighted by atomic mass is 32.1. The molecule has 0 spiro atoms. The fourth-order valence-corrected chi connectivity index (χ4v) is 4.19. The molecule has 0 radical (unpaired) electrons. The highest BCUT2D eigenvalue weighted by molar-refractivity contribution is 7.11. The number of piperazine rings is 1. The Labute approximate surface area is 164 Å². The predicted octanol–water partition coefficient (Wildman–Crippen LogP) is 1.78. The molecule has 2 N–H and O–H groups in total. The first-order valence-electron chi connectivity index (χ1n) is 9.38. The molecule has 1 aromatic heterocycles. The van der Waals surface area contributed by atoms with Gasteiger partial charge in [0.15, 0.2) is 5.01 Å². The molecule has 0 saturated carbocycles. The van der Waals surface area contributed by atoms with E-state index in [1.807, 2.05) is 25.8 Å². The van der Waals surface area contributed by atoms with Crippen molar-refractivity contribution in [3.63, 3.8) is 0 Å². The van der Waals surface area contributed by atoms with Gasteiger partial charge in [0, 0.05) is 37.8 Å². The van der Waals surface area contributed by atoms with Gasteiger partial charge in [-0.15, -0.1) is 11.3 Å². The van der Waals surface area contributed by atoms with Crippen LogP contribution < -0.4 is 5.73 Å². The van der Waals surface area contributed by atoms with Gasteiger partial charge in [-0.05, 0) is 19.9 Å². The van der Waals surface area contributed by atoms with E-state index in [2.05, 4.69) is 4.98 Å². The first-order valence-corrected chi connectivity index (χ1v) is 10.3. The molecule has 4 amide bonds. The molecule has 0 unspecified atom stereocenters. The number of nitrogens with zero attached hydrogens (tertiary/aromatic N) is 4. The summed E-state index contributed by atoms with van der Waals surface area (Å²) in [5, 5.41) is 1.98. The van der Waals surface area contributed by atoms with Gasteiger partial charge in [0.25, 0.3) is 11.8 Å². The highest BCUT2D eigenvalue weighted by Crippen LogP contribution is 2.30. The van der Waals surface area contributed by atoms with E-state index in [1.165, 1.54) is 21.1 Å². The number of rotatable bonds is 7. The summed E-state index contributed by atoms with van der Waals surface area (Å²) in [6.45, 7) is 5.59. The number of amides is 4. The van der Waals surface area contributed by atoms with E-state index in [0.717, 1.165) is 12.8 Å². The van der Waals surface area contributed by atoms with Crippen molar-refractivity contribution >= 4 is 29.2 Å². The van der Waals surface area contributed by atoms with Crippen molar-refractivity contribution in [1.29, 1.82) is 0 Å². The van der Waals surface area contributed by atoms with Crippen molar-refractivity contribution in [3.8, 4) is 0 Å². The quantitative estimate of drug-likeness (QED) is 0.709. The number of hydrogen-bond acceptors (Lipinski definition) is 6. The number of urea groups is 1. The summed E-state index contributed by atoms with van der Waals surface area (Å²) >= 11 is 1.20. The molecule has 1 atom stereocenters. The molecule has 9 heteroatoms. The van der Waals surface area contributed by atoms with Crippen LogP contribution in [-0.2, 0) is 4.79 Å². The molecule has 0 aromatic carbocycles. The zero-order valence-corrected chi connectivity index (χ0v) is 17.1. The second-order valence-electron chi connectivity index (χ2n) is 6.96. The molecule has 1 aliphatic rings. The molecule has 1 saturated heterocycles. The van der Waals surface area contributed by atoms with Gasteiger partial charge < -0.3 is 15.5 Å². The summed E-state index contributed by atoms with van der Waals surface area (Å²) in [6, 6.07) is -0.620. The minimum absolute atomic E-state index is 0.275. The fourth-order valence-electron chi connectivity index (χ4n) is 3.60. The summed E-state index contributed by atoms with van der Waals surface area (Å²) < 4.78 is 0. The number of aromatic nitrogens is 1. The van der Waals surface area contributed by atoms with Gasteiger partial charge in [-0.2, -0.15) is 0 Å². The third-order valence-electron chi connectivity index (χ3n) is 4.91. The maximum absolute atomic E-state index is 13.7. The molecule has 1 aromatic rings. The number of hydrogen-bond donors (Lipinski definition) is 1. The van der Waals surface area contributed by atoms with Crippen LogP contribution in [0.2, 0.25) is 0 Å². The van der Waals surface area contributed by atoms with Crippen molar-refractivity contribution in [2.24, 2.45) is 5.73 Å². The lowest BCUT2D eigenvalue weighted by molar-refractivity contribution is -0.144. The summed E-state index contributed by atoms with van der Waals surface area (Å²) in [5.41, 5.74) is 4.52. The SMILES string of the molecule is CCCC[C@@]1(C(=O)N(CCC)C(=O)c2nccs2)CN(C)CCN1C(N)=O. The molecule has 0 bridgehead atoms. The average Bonchev–Trinajstić information content (AvgIpc) is 3.17. The van der Waals surface area contributed by atoms with Gasteiger partial charge in [0.05, 0.1) is 0 Å². The average molecular weight is 396 g/mol. The van der Waals surface area contributed by atoms with Gasteiger partial charge in [0.1, 0.15) is 5.54 Å². The predicted molar refractivity (Wildman–Crippen MR) is 104 cm³/mol. The summed E-state index contributed by atoms with van der Waals surface area (Å²) in [4.78, 5) is 47.7. The van der Waals surface area contributed by atoms with Crippen LogP contribution in [0.1, 0.15) is 49.3 Å². The van der Waals surface area contributed by atoms with E-state index in [1.54, 1.807) is 11.6 Å². The summed E-state index contributed by atoms with van der Waals surface area (Å²) in [6.07, 6.45) is 4.28. The lowest BCUT2D eigenvalue weighted by Crippen LogP contribution is -2.71. The van der Waals surface area contributed by atoms with Crippen molar-refractivity contribution in [3.05, 3.63) is 16.6 Å². The van der Waals surface area contributed by atoms with Gasteiger partial charge in [0.2, 0.25) is 0 Å². The third-order valence-corrected chi connectivity index (χ3v) is 5.68. The topological polar surface area (TPSA) is 99.8 Å². The maximum Gasteiger partial charge on any atom is 0.315 e. The molecule has 1 fully saturated rings. The molecular weight excluding hydrogens is 366 g/mol. The Bertz CT molecular complexity index is 666. The van der Waals surface area contributed by atoms with E-state index in [0.29, 0.717) is 32.5 Å². The molecule has 2 rings (SSSR count). The van der Waals surface area contributed by atoms with Crippen LogP contribution in [0.25, 0.3) is 0 Å². The Hall–Kier alpha value is -2.00. The Balaban J connectivity index is 2.46. The number of nitrogens with two attached hydrogens (primary N) is 1. The van der Waals surface area contributed by atoms with Crippen LogP contribution >= 0.6 is 11.3 Å². The fraction of sp³-hybridized carbons (Fsp3) is 0.667. The number of imide groups is 1. The van der Waals surface area contributed by atoms with Crippen LogP contribution in [0.15, 0.2) is 11.6 Å². The van der Waals surface area contributed by atoms with Crippen molar-refractivity contribution in [1.82, 2.24) is 19.7 Å². The van der Waals surface area contributed by atoms with Crippen LogP contribution in [0.5, 0.6) is 0 Å². The van der Waals surface area contributed by atoms with E-state index >= 15 is 0 Å². The van der Waals surface area contributed by atoms with Crippen LogP contribution in [0.4, 0.5) is 4.79 Å². The van der Waals surface area contributed by atoms with Crippen LogP contribution in [0, 0.1) is 0 Å². The summed E-state index contributed by atoms with van der Waals surface area (Å²) in [7, 11) is 1.92. The Morgan fingerprint density at radius 2 is 2.04 bits per heavy atom. The lowest BCUT2D eigenvalue weighted by Gasteiger charge is -2.49. The first kappa shape index (κ1) is 21.3. The lowest BCUT2D eigenvalue weighted by atomic mass is 9.86. The normalized spacial score (nSPS) is 20.5. The largest absolute Gasteiger partial charge is 0.351 e. The smallest absolute Gasteiger partial charge is 0.315 e. The maximum atomic E-state index is 13.7. The number of thiazole rings is 1. The number of carbonyl (C=O) groups is 3. The van der Waals surface area contributed by atoms with E-state index in [-0.39, 0.29) is 17.5 Å².